The maximum absolute atomic E-state index is 4.45. The van der Waals surface area contributed by atoms with E-state index in [0.717, 1.165) is 30.1 Å². The summed E-state index contributed by atoms with van der Waals surface area (Å²) in [6.45, 7) is 4.21. The van der Waals surface area contributed by atoms with Gasteiger partial charge >= 0.3 is 0 Å². The van der Waals surface area contributed by atoms with E-state index in [2.05, 4.69) is 47.3 Å². The summed E-state index contributed by atoms with van der Waals surface area (Å²) in [4.78, 5) is 4.45. The molecule has 1 aromatic rings. The summed E-state index contributed by atoms with van der Waals surface area (Å²) in [6, 6.07) is 0. The second-order valence-corrected chi connectivity index (χ2v) is 3.84. The zero-order chi connectivity index (χ0) is 9.97. The second-order valence-electron chi connectivity index (χ2n) is 3.84. The van der Waals surface area contributed by atoms with Gasteiger partial charge in [-0.15, -0.1) is 0 Å². The number of aromatic amines is 1. The molecule has 2 rings (SSSR count). The molecule has 1 N–H and O–H groups in total. The second kappa shape index (κ2) is 3.78. The summed E-state index contributed by atoms with van der Waals surface area (Å²) in [5.41, 5.74) is 1.14. The van der Waals surface area contributed by atoms with E-state index < -0.39 is 0 Å². The molecular weight excluding hydrogens is 174 g/mol. The van der Waals surface area contributed by atoms with Crippen molar-refractivity contribution in [3.63, 3.8) is 0 Å². The predicted octanol–water partition coefficient (Wildman–Crippen LogP) is 2.66. The van der Waals surface area contributed by atoms with Gasteiger partial charge in [-0.1, -0.05) is 32.1 Å². The van der Waals surface area contributed by atoms with Crippen molar-refractivity contribution in [2.24, 2.45) is 0 Å². The van der Waals surface area contributed by atoms with Gasteiger partial charge in [0.05, 0.1) is 0 Å². The number of aromatic nitrogens is 3. The topological polar surface area (TPSA) is 41.6 Å². The highest BCUT2D eigenvalue weighted by Gasteiger charge is 2.09. The zero-order valence-electron chi connectivity index (χ0n) is 8.62. The first-order chi connectivity index (χ1) is 6.77. The molecule has 0 radical (unpaired) electrons. The van der Waals surface area contributed by atoms with Crippen LogP contribution in [0.4, 0.5) is 0 Å². The van der Waals surface area contributed by atoms with Gasteiger partial charge in [0.15, 0.2) is 5.82 Å². The van der Waals surface area contributed by atoms with Crippen molar-refractivity contribution < 1.29 is 0 Å². The number of nitrogens with zero attached hydrogens (tertiary/aromatic N) is 2. The summed E-state index contributed by atoms with van der Waals surface area (Å²) in [6.07, 6.45) is 8.67. The van der Waals surface area contributed by atoms with Crippen LogP contribution in [0.1, 0.15) is 44.3 Å². The molecule has 0 bridgehead atoms. The van der Waals surface area contributed by atoms with Crippen molar-refractivity contribution in [1.29, 1.82) is 0 Å². The Kier molecular flexibility index (Phi) is 2.48. The fourth-order valence-electron chi connectivity index (χ4n) is 1.44. The fraction of sp³-hybridized carbons (Fsp3) is 0.455. The van der Waals surface area contributed by atoms with Crippen molar-refractivity contribution in [3.05, 3.63) is 29.9 Å². The SMILES string of the molecule is CC(C)c1nc(C2=CCCC=C2)n[nH]1. The zero-order valence-corrected chi connectivity index (χ0v) is 8.62. The van der Waals surface area contributed by atoms with Crippen LogP contribution in [-0.4, -0.2) is 15.2 Å². The van der Waals surface area contributed by atoms with Crippen molar-refractivity contribution in [2.75, 3.05) is 0 Å². The average Bonchev–Trinajstić information content (AvgIpc) is 2.68. The van der Waals surface area contributed by atoms with Crippen molar-refractivity contribution in [1.82, 2.24) is 15.2 Å². The van der Waals surface area contributed by atoms with E-state index in [1.165, 1.54) is 0 Å². The molecule has 0 aromatic carbocycles. The van der Waals surface area contributed by atoms with E-state index in [1.54, 1.807) is 0 Å². The molecule has 74 valence electrons. The third-order valence-corrected chi connectivity index (χ3v) is 2.30. The van der Waals surface area contributed by atoms with E-state index in [-0.39, 0.29) is 0 Å². The molecule has 0 amide bonds. The van der Waals surface area contributed by atoms with Crippen LogP contribution in [-0.2, 0) is 0 Å². The largest absolute Gasteiger partial charge is 0.262 e. The van der Waals surface area contributed by atoms with Crippen LogP contribution in [0, 0.1) is 0 Å². The molecule has 3 heteroatoms. The van der Waals surface area contributed by atoms with Crippen molar-refractivity contribution >= 4 is 5.57 Å². The van der Waals surface area contributed by atoms with Crippen LogP contribution >= 0.6 is 0 Å². The standard InChI is InChI=1S/C11H15N3/c1-8(2)10-12-11(14-13-10)9-6-4-3-5-7-9/h4,6-8H,3,5H2,1-2H3,(H,12,13,14). The molecule has 1 aliphatic carbocycles. The number of hydrogen-bond donors (Lipinski definition) is 1. The van der Waals surface area contributed by atoms with E-state index in [0.29, 0.717) is 5.92 Å². The van der Waals surface area contributed by atoms with Crippen LogP contribution in [0.25, 0.3) is 5.57 Å². The van der Waals surface area contributed by atoms with Gasteiger partial charge in [-0.2, -0.15) is 5.10 Å². The Morgan fingerprint density at radius 1 is 1.36 bits per heavy atom. The summed E-state index contributed by atoms with van der Waals surface area (Å²) in [5.74, 6) is 2.19. The maximum atomic E-state index is 4.45. The van der Waals surface area contributed by atoms with Gasteiger partial charge in [-0.05, 0) is 12.8 Å². The summed E-state index contributed by atoms with van der Waals surface area (Å²) >= 11 is 0. The Morgan fingerprint density at radius 3 is 2.79 bits per heavy atom. The van der Waals surface area contributed by atoms with Gasteiger partial charge in [0.1, 0.15) is 5.82 Å². The van der Waals surface area contributed by atoms with E-state index in [1.807, 2.05) is 0 Å². The van der Waals surface area contributed by atoms with Crippen LogP contribution in [0.2, 0.25) is 0 Å². The van der Waals surface area contributed by atoms with Gasteiger partial charge < -0.3 is 0 Å². The highest BCUT2D eigenvalue weighted by atomic mass is 15.2. The summed E-state index contributed by atoms with van der Waals surface area (Å²) in [5, 5.41) is 7.17. The van der Waals surface area contributed by atoms with Crippen LogP contribution in [0.15, 0.2) is 18.2 Å². The highest BCUT2D eigenvalue weighted by molar-refractivity contribution is 5.70. The Morgan fingerprint density at radius 2 is 2.21 bits per heavy atom. The molecule has 0 saturated heterocycles. The number of allylic oxidation sites excluding steroid dienone is 4. The minimum Gasteiger partial charge on any atom is -0.262 e. The van der Waals surface area contributed by atoms with Crippen molar-refractivity contribution in [3.8, 4) is 0 Å². The number of H-pyrrole nitrogens is 1. The van der Waals surface area contributed by atoms with Gasteiger partial charge in [-0.25, -0.2) is 4.98 Å². The lowest BCUT2D eigenvalue weighted by atomic mass is 10.1. The molecule has 14 heavy (non-hydrogen) atoms. The van der Waals surface area contributed by atoms with E-state index in [9.17, 15) is 0 Å². The molecule has 0 fully saturated rings. The maximum Gasteiger partial charge on any atom is 0.180 e. The van der Waals surface area contributed by atoms with E-state index >= 15 is 0 Å². The van der Waals surface area contributed by atoms with Crippen molar-refractivity contribution in [2.45, 2.75) is 32.6 Å². The highest BCUT2D eigenvalue weighted by Crippen LogP contribution is 2.19. The molecule has 0 saturated carbocycles. The normalized spacial score (nSPS) is 16.1. The molecule has 0 spiro atoms. The van der Waals surface area contributed by atoms with Gasteiger partial charge in [0.2, 0.25) is 0 Å². The number of rotatable bonds is 2. The van der Waals surface area contributed by atoms with Crippen LogP contribution in [0.5, 0.6) is 0 Å². The van der Waals surface area contributed by atoms with E-state index in [4.69, 9.17) is 0 Å². The third kappa shape index (κ3) is 1.76. The Bertz CT molecular complexity index is 372. The Labute approximate surface area is 83.9 Å². The summed E-state index contributed by atoms with van der Waals surface area (Å²) < 4.78 is 0. The van der Waals surface area contributed by atoms with Gasteiger partial charge in [-0.3, -0.25) is 5.10 Å². The smallest absolute Gasteiger partial charge is 0.180 e. The summed E-state index contributed by atoms with van der Waals surface area (Å²) in [7, 11) is 0. The molecule has 1 heterocycles. The van der Waals surface area contributed by atoms with Crippen LogP contribution in [0.3, 0.4) is 0 Å². The lowest BCUT2D eigenvalue weighted by molar-refractivity contribution is 0.781. The van der Waals surface area contributed by atoms with Crippen LogP contribution < -0.4 is 0 Å². The minimum absolute atomic E-state index is 0.407. The average molecular weight is 189 g/mol. The molecule has 1 aromatic heterocycles. The lowest BCUT2D eigenvalue weighted by Crippen LogP contribution is -1.91. The first-order valence-electron chi connectivity index (χ1n) is 5.06. The first kappa shape index (κ1) is 9.19. The monoisotopic (exact) mass is 189 g/mol. The third-order valence-electron chi connectivity index (χ3n) is 2.30. The first-order valence-corrected chi connectivity index (χ1v) is 5.06. The Hall–Kier alpha value is -1.38. The Balaban J connectivity index is 2.24. The predicted molar refractivity (Wildman–Crippen MR) is 56.8 cm³/mol. The molecule has 0 atom stereocenters. The van der Waals surface area contributed by atoms with Gasteiger partial charge in [0.25, 0.3) is 0 Å². The molecule has 3 nitrogen and oxygen atoms in total. The molecule has 0 aliphatic heterocycles. The molecule has 1 aliphatic rings. The molecular formula is C11H15N3. The number of nitrogens with one attached hydrogen (secondary N) is 1. The number of hydrogen-bond acceptors (Lipinski definition) is 2. The minimum atomic E-state index is 0.407. The lowest BCUT2D eigenvalue weighted by Gasteiger charge is -2.01. The molecule has 0 unspecified atom stereocenters. The quantitative estimate of drug-likeness (QED) is 0.777. The van der Waals surface area contributed by atoms with Gasteiger partial charge in [0, 0.05) is 11.5 Å². The fourth-order valence-corrected chi connectivity index (χ4v) is 1.44.